The van der Waals surface area contributed by atoms with Crippen molar-refractivity contribution >= 4 is 41.9 Å². The van der Waals surface area contributed by atoms with Gasteiger partial charge in [0, 0.05) is 10.0 Å². The summed E-state index contributed by atoms with van der Waals surface area (Å²) in [7, 11) is -1.16. The molecule has 0 bridgehead atoms. The molecule has 2 aromatic rings. The molecule has 0 atom stereocenters. The lowest BCUT2D eigenvalue weighted by Gasteiger charge is -2.19. The SMILES string of the molecule is CC1=Cc2c(cccc2-c2c(C(N)=O)ccc(Br)c2[SiH](C)C)C1. The van der Waals surface area contributed by atoms with Crippen LogP contribution in [-0.2, 0) is 6.42 Å². The summed E-state index contributed by atoms with van der Waals surface area (Å²) < 4.78 is 1.08. The number of hydrogen-bond donors (Lipinski definition) is 1. The van der Waals surface area contributed by atoms with Crippen LogP contribution in [-0.4, -0.2) is 14.7 Å². The van der Waals surface area contributed by atoms with Gasteiger partial charge in [-0.05, 0) is 52.9 Å². The van der Waals surface area contributed by atoms with Gasteiger partial charge in [0.2, 0.25) is 5.91 Å². The Balaban J connectivity index is 2.39. The Labute approximate surface area is 147 Å². The lowest BCUT2D eigenvalue weighted by atomic mass is 9.93. The van der Waals surface area contributed by atoms with Crippen LogP contribution < -0.4 is 10.9 Å². The summed E-state index contributed by atoms with van der Waals surface area (Å²) >= 11 is 3.69. The molecule has 3 rings (SSSR count). The number of carbonyl (C=O) groups is 1. The number of nitrogens with two attached hydrogens (primary N) is 1. The zero-order valence-corrected chi connectivity index (χ0v) is 16.4. The topological polar surface area (TPSA) is 43.1 Å². The molecule has 1 amide bonds. The van der Waals surface area contributed by atoms with E-state index in [1.807, 2.05) is 12.1 Å². The first-order valence-electron chi connectivity index (χ1n) is 7.81. The zero-order chi connectivity index (χ0) is 16.7. The summed E-state index contributed by atoms with van der Waals surface area (Å²) in [6.07, 6.45) is 3.22. The van der Waals surface area contributed by atoms with Gasteiger partial charge >= 0.3 is 0 Å². The molecule has 23 heavy (non-hydrogen) atoms. The first kappa shape index (κ1) is 16.2. The Hall–Kier alpha value is -1.65. The quantitative estimate of drug-likeness (QED) is 0.800. The van der Waals surface area contributed by atoms with E-state index in [9.17, 15) is 4.79 Å². The van der Waals surface area contributed by atoms with E-state index in [0.717, 1.165) is 22.0 Å². The van der Waals surface area contributed by atoms with E-state index >= 15 is 0 Å². The van der Waals surface area contributed by atoms with Crippen LogP contribution in [0.15, 0.2) is 40.4 Å². The Kier molecular flexibility index (Phi) is 4.30. The third-order valence-electron chi connectivity index (χ3n) is 4.36. The Bertz CT molecular complexity index is 840. The second-order valence-electron chi connectivity index (χ2n) is 6.45. The van der Waals surface area contributed by atoms with Crippen molar-refractivity contribution in [1.82, 2.24) is 0 Å². The van der Waals surface area contributed by atoms with E-state index in [-0.39, 0.29) is 5.91 Å². The molecule has 0 radical (unpaired) electrons. The number of rotatable bonds is 3. The van der Waals surface area contributed by atoms with Crippen LogP contribution in [0.4, 0.5) is 0 Å². The summed E-state index contributed by atoms with van der Waals surface area (Å²) in [5.41, 5.74) is 12.4. The highest BCUT2D eigenvalue weighted by Gasteiger charge is 2.23. The number of fused-ring (bicyclic) bond motifs is 1. The van der Waals surface area contributed by atoms with Gasteiger partial charge in [0.05, 0.1) is 8.80 Å². The number of allylic oxidation sites excluding steroid dienone is 1. The average molecular weight is 386 g/mol. The zero-order valence-electron chi connectivity index (χ0n) is 13.6. The highest BCUT2D eigenvalue weighted by Crippen LogP contribution is 2.36. The van der Waals surface area contributed by atoms with Gasteiger partial charge in [0.15, 0.2) is 0 Å². The van der Waals surface area contributed by atoms with Gasteiger partial charge < -0.3 is 5.73 Å². The summed E-state index contributed by atoms with van der Waals surface area (Å²) in [5.74, 6) is -0.361. The van der Waals surface area contributed by atoms with Gasteiger partial charge in [-0.25, -0.2) is 0 Å². The molecule has 1 aliphatic rings. The largest absolute Gasteiger partial charge is 0.366 e. The van der Waals surface area contributed by atoms with Crippen LogP contribution in [0.3, 0.4) is 0 Å². The lowest BCUT2D eigenvalue weighted by Crippen LogP contribution is -2.29. The van der Waals surface area contributed by atoms with Crippen molar-refractivity contribution in [2.24, 2.45) is 5.73 Å². The van der Waals surface area contributed by atoms with Crippen LogP contribution in [0.25, 0.3) is 17.2 Å². The Morgan fingerprint density at radius 2 is 1.96 bits per heavy atom. The minimum Gasteiger partial charge on any atom is -0.366 e. The summed E-state index contributed by atoms with van der Waals surface area (Å²) in [6, 6.07) is 10.2. The Morgan fingerprint density at radius 1 is 1.22 bits per heavy atom. The fourth-order valence-corrected chi connectivity index (χ4v) is 6.65. The van der Waals surface area contributed by atoms with Crippen LogP contribution in [0, 0.1) is 0 Å². The molecule has 1 aliphatic carbocycles. The van der Waals surface area contributed by atoms with Gasteiger partial charge in [-0.3, -0.25) is 4.79 Å². The molecule has 0 saturated carbocycles. The molecule has 0 aliphatic heterocycles. The predicted octanol–water partition coefficient (Wildman–Crippen LogP) is 3.87. The van der Waals surface area contributed by atoms with Gasteiger partial charge in [-0.2, -0.15) is 0 Å². The maximum absolute atomic E-state index is 12.1. The standard InChI is InChI=1S/C19H20BrNOSi/c1-11-9-12-5-4-6-13(15(12)10-11)17-14(19(21)22)7-8-16(20)18(17)23(2)3/h4-8,10,23H,9H2,1-3H3,(H2,21,22). The average Bonchev–Trinajstić information content (AvgIpc) is 2.86. The van der Waals surface area contributed by atoms with Gasteiger partial charge in [0.25, 0.3) is 0 Å². The van der Waals surface area contributed by atoms with E-state index < -0.39 is 8.80 Å². The number of primary amides is 1. The molecule has 2 aromatic carbocycles. The summed E-state index contributed by atoms with van der Waals surface area (Å²) in [5, 5.41) is 1.27. The maximum Gasteiger partial charge on any atom is 0.249 e. The third kappa shape index (κ3) is 2.81. The van der Waals surface area contributed by atoms with Gasteiger partial charge in [-0.15, -0.1) is 0 Å². The normalized spacial score (nSPS) is 13.2. The number of carbonyl (C=O) groups excluding carboxylic acids is 1. The van der Waals surface area contributed by atoms with Crippen molar-refractivity contribution in [2.75, 3.05) is 0 Å². The minimum atomic E-state index is -1.16. The second kappa shape index (κ2) is 6.10. The molecule has 0 saturated heterocycles. The monoisotopic (exact) mass is 385 g/mol. The van der Waals surface area contributed by atoms with Gasteiger partial charge in [-0.1, -0.05) is 58.9 Å². The third-order valence-corrected chi connectivity index (χ3v) is 7.23. The van der Waals surface area contributed by atoms with Gasteiger partial charge in [0.1, 0.15) is 0 Å². The predicted molar refractivity (Wildman–Crippen MR) is 104 cm³/mol. The van der Waals surface area contributed by atoms with E-state index in [2.05, 4.69) is 60.2 Å². The minimum absolute atomic E-state index is 0.361. The Morgan fingerprint density at radius 3 is 2.61 bits per heavy atom. The van der Waals surface area contributed by atoms with Crippen molar-refractivity contribution in [1.29, 1.82) is 0 Å². The van der Waals surface area contributed by atoms with Crippen molar-refractivity contribution in [3.8, 4) is 11.1 Å². The van der Waals surface area contributed by atoms with Crippen LogP contribution in [0.5, 0.6) is 0 Å². The fraction of sp³-hybridized carbons (Fsp3) is 0.211. The van der Waals surface area contributed by atoms with Crippen molar-refractivity contribution in [2.45, 2.75) is 26.4 Å². The van der Waals surface area contributed by atoms with E-state index in [1.54, 1.807) is 0 Å². The van der Waals surface area contributed by atoms with E-state index in [4.69, 9.17) is 5.73 Å². The van der Waals surface area contributed by atoms with Crippen molar-refractivity contribution < 1.29 is 4.79 Å². The molecule has 2 N–H and O–H groups in total. The number of amides is 1. The van der Waals surface area contributed by atoms with E-state index in [0.29, 0.717) is 5.56 Å². The lowest BCUT2D eigenvalue weighted by molar-refractivity contribution is 0.100. The molecule has 0 aromatic heterocycles. The van der Waals surface area contributed by atoms with E-state index in [1.165, 1.54) is 21.9 Å². The number of benzene rings is 2. The summed E-state index contributed by atoms with van der Waals surface area (Å²) in [6.45, 7) is 6.70. The number of hydrogen-bond acceptors (Lipinski definition) is 1. The maximum atomic E-state index is 12.1. The molecular weight excluding hydrogens is 366 g/mol. The molecule has 0 fully saturated rings. The van der Waals surface area contributed by atoms with Crippen molar-refractivity contribution in [3.05, 3.63) is 57.1 Å². The first-order chi connectivity index (χ1) is 10.9. The number of halogens is 1. The molecule has 0 heterocycles. The second-order valence-corrected chi connectivity index (χ2v) is 10.2. The fourth-order valence-electron chi connectivity index (χ4n) is 3.41. The molecule has 0 unspecified atom stereocenters. The van der Waals surface area contributed by atoms with Crippen molar-refractivity contribution in [3.63, 3.8) is 0 Å². The highest BCUT2D eigenvalue weighted by atomic mass is 79.9. The molecule has 0 spiro atoms. The molecule has 118 valence electrons. The first-order valence-corrected chi connectivity index (χ1v) is 11.5. The van der Waals surface area contributed by atoms with Crippen LogP contribution in [0.1, 0.15) is 28.4 Å². The highest BCUT2D eigenvalue weighted by molar-refractivity contribution is 9.10. The smallest absolute Gasteiger partial charge is 0.249 e. The van der Waals surface area contributed by atoms with Crippen LogP contribution >= 0.6 is 15.9 Å². The summed E-state index contributed by atoms with van der Waals surface area (Å²) in [4.78, 5) is 12.1. The molecule has 4 heteroatoms. The van der Waals surface area contributed by atoms with Crippen LogP contribution in [0.2, 0.25) is 13.1 Å². The molecular formula is C19H20BrNOSi. The molecule has 2 nitrogen and oxygen atoms in total.